The number of carbonyl (C=O) groups is 2. The van der Waals surface area contributed by atoms with Crippen LogP contribution < -0.4 is 10.9 Å². The number of fused-ring (bicyclic) bond motifs is 2. The van der Waals surface area contributed by atoms with Gasteiger partial charge < -0.3 is 24.8 Å². The summed E-state index contributed by atoms with van der Waals surface area (Å²) in [6.07, 6.45) is 3.90. The Morgan fingerprint density at radius 1 is 1.12 bits per heavy atom. The Kier molecular flexibility index (Phi) is 5.80. The molecule has 1 atom stereocenters. The van der Waals surface area contributed by atoms with Crippen LogP contribution in [0.5, 0.6) is 0 Å². The molecular formula is C24H28N4O4. The molecule has 0 aliphatic carbocycles. The van der Waals surface area contributed by atoms with E-state index in [9.17, 15) is 14.4 Å². The Morgan fingerprint density at radius 2 is 1.94 bits per heavy atom. The summed E-state index contributed by atoms with van der Waals surface area (Å²) in [5.74, 6) is -0.418. The van der Waals surface area contributed by atoms with E-state index in [4.69, 9.17) is 4.74 Å². The molecule has 3 aliphatic rings. The lowest BCUT2D eigenvalue weighted by Crippen LogP contribution is -2.42. The SMILES string of the molecule is O=C(NCCN1CCCC1)c1c2c(c[nH]c1=O)CN(C(=O)C1OCc3ccccc31)CC2. The largest absolute Gasteiger partial charge is 0.359 e. The van der Waals surface area contributed by atoms with E-state index in [2.05, 4.69) is 15.2 Å². The Hall–Kier alpha value is -2.97. The first-order valence-corrected chi connectivity index (χ1v) is 11.3. The molecule has 1 aromatic carbocycles. The fourth-order valence-corrected chi connectivity index (χ4v) is 4.97. The van der Waals surface area contributed by atoms with Crippen LogP contribution in [0.3, 0.4) is 0 Å². The lowest BCUT2D eigenvalue weighted by atomic mass is 9.95. The van der Waals surface area contributed by atoms with Crippen LogP contribution in [0.1, 0.15) is 51.6 Å². The van der Waals surface area contributed by atoms with Crippen molar-refractivity contribution in [2.24, 2.45) is 0 Å². The molecule has 8 nitrogen and oxygen atoms in total. The quantitative estimate of drug-likeness (QED) is 0.738. The van der Waals surface area contributed by atoms with Crippen molar-refractivity contribution in [3.05, 3.63) is 68.6 Å². The average molecular weight is 437 g/mol. The highest BCUT2D eigenvalue weighted by Gasteiger charge is 2.35. The molecule has 1 saturated heterocycles. The third kappa shape index (κ3) is 3.96. The molecule has 8 heteroatoms. The van der Waals surface area contributed by atoms with E-state index in [-0.39, 0.29) is 22.9 Å². The maximum absolute atomic E-state index is 13.2. The molecule has 1 unspecified atom stereocenters. The van der Waals surface area contributed by atoms with Crippen LogP contribution >= 0.6 is 0 Å². The van der Waals surface area contributed by atoms with Crippen molar-refractivity contribution >= 4 is 11.8 Å². The van der Waals surface area contributed by atoms with Gasteiger partial charge in [-0.15, -0.1) is 0 Å². The average Bonchev–Trinajstić information content (AvgIpc) is 3.48. The zero-order valence-electron chi connectivity index (χ0n) is 18.1. The number of hydrogen-bond donors (Lipinski definition) is 2. The molecule has 2 N–H and O–H groups in total. The molecule has 2 amide bonds. The number of amides is 2. The van der Waals surface area contributed by atoms with Crippen LogP contribution in [-0.4, -0.2) is 59.3 Å². The van der Waals surface area contributed by atoms with Gasteiger partial charge in [0.1, 0.15) is 5.56 Å². The van der Waals surface area contributed by atoms with Gasteiger partial charge in [-0.05, 0) is 54.6 Å². The first-order valence-electron chi connectivity index (χ1n) is 11.3. The number of aromatic nitrogens is 1. The summed E-state index contributed by atoms with van der Waals surface area (Å²) in [6, 6.07) is 7.78. The molecular weight excluding hydrogens is 408 g/mol. The third-order valence-corrected chi connectivity index (χ3v) is 6.71. The smallest absolute Gasteiger partial charge is 0.261 e. The van der Waals surface area contributed by atoms with E-state index in [1.807, 2.05) is 24.3 Å². The molecule has 1 fully saturated rings. The lowest BCUT2D eigenvalue weighted by Gasteiger charge is -2.31. The summed E-state index contributed by atoms with van der Waals surface area (Å²) < 4.78 is 5.78. The van der Waals surface area contributed by atoms with Gasteiger partial charge in [0, 0.05) is 32.4 Å². The minimum Gasteiger partial charge on any atom is -0.359 e. The van der Waals surface area contributed by atoms with Gasteiger partial charge in [0.2, 0.25) is 0 Å². The number of benzene rings is 1. The van der Waals surface area contributed by atoms with Gasteiger partial charge in [0.25, 0.3) is 17.4 Å². The highest BCUT2D eigenvalue weighted by molar-refractivity contribution is 5.95. The molecule has 0 bridgehead atoms. The van der Waals surface area contributed by atoms with Crippen molar-refractivity contribution in [1.29, 1.82) is 0 Å². The van der Waals surface area contributed by atoms with Crippen molar-refractivity contribution in [2.45, 2.75) is 38.5 Å². The van der Waals surface area contributed by atoms with Crippen LogP contribution in [0.15, 0.2) is 35.3 Å². The summed E-state index contributed by atoms with van der Waals surface area (Å²) in [4.78, 5) is 45.2. The number of ether oxygens (including phenoxy) is 1. The standard InChI is InChI=1S/C24H28N4O4/c29-22(25-8-12-27-9-3-4-10-27)20-18-7-11-28(14-17(18)13-26-23(20)30)24(31)21-19-6-2-1-5-16(19)15-32-21/h1-2,5-6,13,21H,3-4,7-12,14-15H2,(H,25,29)(H,26,30). The highest BCUT2D eigenvalue weighted by Crippen LogP contribution is 2.33. The van der Waals surface area contributed by atoms with Gasteiger partial charge in [-0.3, -0.25) is 14.4 Å². The molecule has 0 spiro atoms. The molecule has 1 aromatic heterocycles. The first-order chi connectivity index (χ1) is 15.6. The molecule has 2 aromatic rings. The number of aromatic amines is 1. The van der Waals surface area contributed by atoms with Gasteiger partial charge in [-0.1, -0.05) is 24.3 Å². The van der Waals surface area contributed by atoms with E-state index in [1.54, 1.807) is 11.1 Å². The number of carbonyl (C=O) groups excluding carboxylic acids is 2. The summed E-state index contributed by atoms with van der Waals surface area (Å²) in [5, 5.41) is 2.91. The number of nitrogens with one attached hydrogen (secondary N) is 2. The monoisotopic (exact) mass is 436 g/mol. The van der Waals surface area contributed by atoms with Gasteiger partial charge in [-0.25, -0.2) is 0 Å². The Balaban J connectivity index is 1.28. The summed E-state index contributed by atoms with van der Waals surface area (Å²) >= 11 is 0. The van der Waals surface area contributed by atoms with E-state index in [0.29, 0.717) is 32.7 Å². The van der Waals surface area contributed by atoms with Crippen LogP contribution in [0.4, 0.5) is 0 Å². The minimum atomic E-state index is -0.594. The maximum atomic E-state index is 13.2. The van der Waals surface area contributed by atoms with Gasteiger partial charge >= 0.3 is 0 Å². The zero-order chi connectivity index (χ0) is 22.1. The number of pyridine rings is 1. The fraction of sp³-hybridized carbons (Fsp3) is 0.458. The zero-order valence-corrected chi connectivity index (χ0v) is 18.1. The van der Waals surface area contributed by atoms with Crippen molar-refractivity contribution in [3.8, 4) is 0 Å². The predicted octanol–water partition coefficient (Wildman–Crippen LogP) is 1.36. The minimum absolute atomic E-state index is 0.0802. The predicted molar refractivity (Wildman–Crippen MR) is 118 cm³/mol. The molecule has 32 heavy (non-hydrogen) atoms. The number of likely N-dealkylation sites (tertiary alicyclic amines) is 1. The summed E-state index contributed by atoms with van der Waals surface area (Å²) in [7, 11) is 0. The Labute approximate surface area is 186 Å². The first kappa shape index (κ1) is 20.9. The Bertz CT molecular complexity index is 1090. The summed E-state index contributed by atoms with van der Waals surface area (Å²) in [6.45, 7) is 4.68. The van der Waals surface area contributed by atoms with Gasteiger partial charge in [-0.2, -0.15) is 0 Å². The van der Waals surface area contributed by atoms with Crippen molar-refractivity contribution in [2.75, 3.05) is 32.7 Å². The van der Waals surface area contributed by atoms with Crippen molar-refractivity contribution in [3.63, 3.8) is 0 Å². The second kappa shape index (κ2) is 8.88. The fourth-order valence-electron chi connectivity index (χ4n) is 4.97. The van der Waals surface area contributed by atoms with E-state index >= 15 is 0 Å². The topological polar surface area (TPSA) is 94.7 Å². The van der Waals surface area contributed by atoms with Crippen LogP contribution in [0.25, 0.3) is 0 Å². The molecule has 3 aliphatic heterocycles. The van der Waals surface area contributed by atoms with Crippen LogP contribution in [0, 0.1) is 0 Å². The molecule has 5 rings (SSSR count). The van der Waals surface area contributed by atoms with Gasteiger partial charge in [0.15, 0.2) is 6.10 Å². The van der Waals surface area contributed by atoms with E-state index < -0.39 is 6.10 Å². The number of hydrogen-bond acceptors (Lipinski definition) is 5. The van der Waals surface area contributed by atoms with E-state index in [0.717, 1.165) is 41.9 Å². The lowest BCUT2D eigenvalue weighted by molar-refractivity contribution is -0.144. The molecule has 168 valence electrons. The second-order valence-electron chi connectivity index (χ2n) is 8.70. The molecule has 4 heterocycles. The van der Waals surface area contributed by atoms with Gasteiger partial charge in [0.05, 0.1) is 6.61 Å². The highest BCUT2D eigenvalue weighted by atomic mass is 16.5. The molecule has 0 radical (unpaired) electrons. The Morgan fingerprint density at radius 3 is 2.78 bits per heavy atom. The number of nitrogens with zero attached hydrogens (tertiary/aromatic N) is 2. The van der Waals surface area contributed by atoms with Crippen molar-refractivity contribution in [1.82, 2.24) is 20.1 Å². The van der Waals surface area contributed by atoms with E-state index in [1.165, 1.54) is 12.8 Å². The molecule has 0 saturated carbocycles. The van der Waals surface area contributed by atoms with Crippen LogP contribution in [0.2, 0.25) is 0 Å². The second-order valence-corrected chi connectivity index (χ2v) is 8.70. The normalized spacial score (nSPS) is 20.1. The summed E-state index contributed by atoms with van der Waals surface area (Å²) in [5.41, 5.74) is 3.31. The maximum Gasteiger partial charge on any atom is 0.261 e. The number of H-pyrrole nitrogens is 1. The van der Waals surface area contributed by atoms with Crippen LogP contribution in [-0.2, 0) is 29.1 Å². The third-order valence-electron chi connectivity index (χ3n) is 6.71. The number of rotatable bonds is 5. The van der Waals surface area contributed by atoms with Crippen molar-refractivity contribution < 1.29 is 14.3 Å².